The molecule has 0 spiro atoms. The molecule has 2 nitrogen and oxygen atoms in total. The van der Waals surface area contributed by atoms with Gasteiger partial charge in [-0.25, -0.2) is 0 Å². The van der Waals surface area contributed by atoms with Crippen LogP contribution in [0.2, 0.25) is 0 Å². The lowest BCUT2D eigenvalue weighted by Crippen LogP contribution is -2.31. The van der Waals surface area contributed by atoms with Gasteiger partial charge in [0.1, 0.15) is 6.10 Å². The van der Waals surface area contributed by atoms with E-state index < -0.39 is 0 Å². The fourth-order valence-electron chi connectivity index (χ4n) is 4.13. The molecular formula is C19H34O2. The minimum absolute atomic E-state index is 0.143. The lowest BCUT2D eigenvalue weighted by molar-refractivity contribution is -0.158. The molecular weight excluding hydrogens is 260 g/mol. The average Bonchev–Trinajstić information content (AvgIpc) is 2.53. The summed E-state index contributed by atoms with van der Waals surface area (Å²) >= 11 is 0. The van der Waals surface area contributed by atoms with E-state index in [4.69, 9.17) is 4.74 Å². The highest BCUT2D eigenvalue weighted by Gasteiger charge is 2.31. The summed E-state index contributed by atoms with van der Waals surface area (Å²) in [6, 6.07) is 0. The molecule has 0 bridgehead atoms. The average molecular weight is 294 g/mol. The summed E-state index contributed by atoms with van der Waals surface area (Å²) in [6.45, 7) is 2.23. The molecule has 0 aromatic rings. The standard InChI is InChI=1S/C19H34O2/c1-2-3-6-15-18(16-11-7-4-8-12-16)19(20)21-17-13-9-5-10-14-17/h16-18H,2-15H2,1H3. The SMILES string of the molecule is CCCCCC(C(=O)OC1CCCCC1)C1CCCCC1. The maximum atomic E-state index is 12.7. The zero-order valence-corrected chi connectivity index (χ0v) is 13.9. The molecule has 0 aromatic carbocycles. The van der Waals surface area contributed by atoms with E-state index in [1.807, 2.05) is 0 Å². The molecule has 2 fully saturated rings. The van der Waals surface area contributed by atoms with Gasteiger partial charge in [-0.1, -0.05) is 51.9 Å². The van der Waals surface area contributed by atoms with Crippen LogP contribution in [0.1, 0.15) is 96.8 Å². The summed E-state index contributed by atoms with van der Waals surface area (Å²) in [6.07, 6.45) is 17.4. The molecule has 122 valence electrons. The lowest BCUT2D eigenvalue weighted by atomic mass is 9.77. The number of ether oxygens (including phenoxy) is 1. The number of rotatable bonds is 7. The molecule has 1 atom stereocenters. The van der Waals surface area contributed by atoms with Crippen LogP contribution in [-0.2, 0) is 9.53 Å². The van der Waals surface area contributed by atoms with Gasteiger partial charge in [0.15, 0.2) is 0 Å². The normalized spacial score (nSPS) is 22.9. The van der Waals surface area contributed by atoms with E-state index >= 15 is 0 Å². The molecule has 2 heteroatoms. The lowest BCUT2D eigenvalue weighted by Gasteiger charge is -2.31. The highest BCUT2D eigenvalue weighted by Crippen LogP contribution is 2.34. The molecule has 0 aromatic heterocycles. The van der Waals surface area contributed by atoms with E-state index in [1.165, 1.54) is 70.6 Å². The maximum Gasteiger partial charge on any atom is 0.309 e. The van der Waals surface area contributed by atoms with Crippen molar-refractivity contribution in [2.75, 3.05) is 0 Å². The maximum absolute atomic E-state index is 12.7. The van der Waals surface area contributed by atoms with Crippen LogP contribution in [0.3, 0.4) is 0 Å². The van der Waals surface area contributed by atoms with Crippen molar-refractivity contribution in [2.45, 2.75) is 103 Å². The molecule has 2 aliphatic carbocycles. The second-order valence-electron chi connectivity index (χ2n) is 7.20. The predicted molar refractivity (Wildman–Crippen MR) is 87.2 cm³/mol. The Bertz CT molecular complexity index is 288. The van der Waals surface area contributed by atoms with Crippen molar-refractivity contribution in [1.29, 1.82) is 0 Å². The molecule has 0 heterocycles. The third-order valence-electron chi connectivity index (χ3n) is 5.48. The summed E-state index contributed by atoms with van der Waals surface area (Å²) in [7, 11) is 0. The zero-order chi connectivity index (χ0) is 14.9. The van der Waals surface area contributed by atoms with Gasteiger partial charge in [0, 0.05) is 0 Å². The molecule has 0 N–H and O–H groups in total. The van der Waals surface area contributed by atoms with E-state index in [9.17, 15) is 4.79 Å². The third-order valence-corrected chi connectivity index (χ3v) is 5.48. The van der Waals surface area contributed by atoms with Crippen LogP contribution in [-0.4, -0.2) is 12.1 Å². The van der Waals surface area contributed by atoms with Gasteiger partial charge in [-0.3, -0.25) is 4.79 Å². The van der Waals surface area contributed by atoms with Crippen molar-refractivity contribution < 1.29 is 9.53 Å². The fourth-order valence-corrected chi connectivity index (χ4v) is 4.13. The summed E-state index contributed by atoms with van der Waals surface area (Å²) in [5, 5.41) is 0. The number of carbonyl (C=O) groups excluding carboxylic acids is 1. The smallest absolute Gasteiger partial charge is 0.309 e. The summed E-state index contributed by atoms with van der Waals surface area (Å²) in [5.74, 6) is 0.940. The van der Waals surface area contributed by atoms with Gasteiger partial charge < -0.3 is 4.74 Å². The van der Waals surface area contributed by atoms with E-state index in [-0.39, 0.29) is 18.0 Å². The fraction of sp³-hybridized carbons (Fsp3) is 0.947. The van der Waals surface area contributed by atoms with Crippen LogP contribution in [0.4, 0.5) is 0 Å². The Hall–Kier alpha value is -0.530. The molecule has 2 aliphatic rings. The highest BCUT2D eigenvalue weighted by atomic mass is 16.5. The van der Waals surface area contributed by atoms with Crippen molar-refractivity contribution in [2.24, 2.45) is 11.8 Å². The minimum Gasteiger partial charge on any atom is -0.462 e. The number of hydrogen-bond donors (Lipinski definition) is 0. The first-order valence-corrected chi connectivity index (χ1v) is 9.51. The predicted octanol–water partition coefficient (Wildman–Crippen LogP) is 5.64. The number of carbonyl (C=O) groups is 1. The molecule has 0 radical (unpaired) electrons. The van der Waals surface area contributed by atoms with E-state index in [0.717, 1.165) is 19.3 Å². The van der Waals surface area contributed by atoms with Gasteiger partial charge in [0.25, 0.3) is 0 Å². The van der Waals surface area contributed by atoms with Crippen molar-refractivity contribution in [1.82, 2.24) is 0 Å². The second kappa shape index (κ2) is 9.48. The van der Waals surface area contributed by atoms with Gasteiger partial charge in [-0.2, -0.15) is 0 Å². The summed E-state index contributed by atoms with van der Waals surface area (Å²) < 4.78 is 5.90. The number of esters is 1. The molecule has 21 heavy (non-hydrogen) atoms. The van der Waals surface area contributed by atoms with E-state index in [1.54, 1.807) is 0 Å². The van der Waals surface area contributed by atoms with Crippen LogP contribution in [0.25, 0.3) is 0 Å². The van der Waals surface area contributed by atoms with Crippen LogP contribution >= 0.6 is 0 Å². The van der Waals surface area contributed by atoms with Crippen LogP contribution in [0.15, 0.2) is 0 Å². The Morgan fingerprint density at radius 1 is 0.952 bits per heavy atom. The molecule has 2 rings (SSSR count). The molecule has 2 saturated carbocycles. The van der Waals surface area contributed by atoms with Crippen molar-refractivity contribution in [3.8, 4) is 0 Å². The van der Waals surface area contributed by atoms with Gasteiger partial charge >= 0.3 is 5.97 Å². The Labute approximate surface area is 131 Å². The topological polar surface area (TPSA) is 26.3 Å². The molecule has 0 aliphatic heterocycles. The van der Waals surface area contributed by atoms with Crippen molar-refractivity contribution >= 4 is 5.97 Å². The Kier molecular flexibility index (Phi) is 7.60. The largest absolute Gasteiger partial charge is 0.462 e. The Balaban J connectivity index is 1.86. The van der Waals surface area contributed by atoms with E-state index in [0.29, 0.717) is 5.92 Å². The van der Waals surface area contributed by atoms with Gasteiger partial charge in [-0.05, 0) is 50.9 Å². The van der Waals surface area contributed by atoms with Crippen LogP contribution < -0.4 is 0 Å². The molecule has 0 amide bonds. The van der Waals surface area contributed by atoms with E-state index in [2.05, 4.69) is 6.92 Å². The molecule has 0 saturated heterocycles. The van der Waals surface area contributed by atoms with Gasteiger partial charge in [0.2, 0.25) is 0 Å². The first kappa shape index (κ1) is 16.8. The first-order valence-electron chi connectivity index (χ1n) is 9.51. The Morgan fingerprint density at radius 3 is 2.19 bits per heavy atom. The first-order chi connectivity index (χ1) is 10.3. The summed E-state index contributed by atoms with van der Waals surface area (Å²) in [5.41, 5.74) is 0. The minimum atomic E-state index is 0.143. The Morgan fingerprint density at radius 2 is 1.57 bits per heavy atom. The van der Waals surface area contributed by atoms with Crippen molar-refractivity contribution in [3.63, 3.8) is 0 Å². The van der Waals surface area contributed by atoms with Gasteiger partial charge in [0.05, 0.1) is 5.92 Å². The quantitative estimate of drug-likeness (QED) is 0.448. The summed E-state index contributed by atoms with van der Waals surface area (Å²) in [4.78, 5) is 12.7. The third kappa shape index (κ3) is 5.64. The monoisotopic (exact) mass is 294 g/mol. The zero-order valence-electron chi connectivity index (χ0n) is 13.9. The number of unbranched alkanes of at least 4 members (excludes halogenated alkanes) is 2. The van der Waals surface area contributed by atoms with Crippen LogP contribution in [0, 0.1) is 11.8 Å². The van der Waals surface area contributed by atoms with Gasteiger partial charge in [-0.15, -0.1) is 0 Å². The molecule has 1 unspecified atom stereocenters. The highest BCUT2D eigenvalue weighted by molar-refractivity contribution is 5.73. The number of hydrogen-bond acceptors (Lipinski definition) is 2. The van der Waals surface area contributed by atoms with Crippen LogP contribution in [0.5, 0.6) is 0 Å². The van der Waals surface area contributed by atoms with Crippen molar-refractivity contribution in [3.05, 3.63) is 0 Å². The second-order valence-corrected chi connectivity index (χ2v) is 7.20.